The average molecular weight is 364 g/mol. The maximum Gasteiger partial charge on any atom is 0.274 e. The zero-order valence-corrected chi connectivity index (χ0v) is 14.6. The van der Waals surface area contributed by atoms with Gasteiger partial charge in [-0.3, -0.25) is 9.20 Å². The fourth-order valence-electron chi connectivity index (χ4n) is 2.49. The smallest absolute Gasteiger partial charge is 0.274 e. The first-order valence-corrected chi connectivity index (χ1v) is 8.13. The molecule has 0 aliphatic carbocycles. The van der Waals surface area contributed by atoms with E-state index >= 15 is 0 Å². The summed E-state index contributed by atoms with van der Waals surface area (Å²) < 4.78 is 7.13. The van der Waals surface area contributed by atoms with E-state index in [4.69, 9.17) is 27.9 Å². The van der Waals surface area contributed by atoms with Gasteiger partial charge in [0, 0.05) is 6.20 Å². The van der Waals surface area contributed by atoms with Crippen molar-refractivity contribution in [1.82, 2.24) is 9.38 Å². The van der Waals surface area contributed by atoms with Crippen molar-refractivity contribution in [1.29, 1.82) is 0 Å². The number of para-hydroxylation sites is 2. The lowest BCUT2D eigenvalue weighted by Gasteiger charge is -2.11. The number of ether oxygens (including phenoxy) is 1. The Morgan fingerprint density at radius 3 is 2.83 bits per heavy atom. The van der Waals surface area contributed by atoms with Gasteiger partial charge in [0.25, 0.3) is 5.91 Å². The number of nitrogens with zero attached hydrogens (tertiary/aromatic N) is 2. The average Bonchev–Trinajstić information content (AvgIpc) is 2.86. The van der Waals surface area contributed by atoms with Crippen molar-refractivity contribution < 1.29 is 9.53 Å². The Balaban J connectivity index is 2.02. The van der Waals surface area contributed by atoms with Crippen molar-refractivity contribution in [2.24, 2.45) is 0 Å². The van der Waals surface area contributed by atoms with Gasteiger partial charge >= 0.3 is 0 Å². The number of halogens is 2. The Labute approximate surface area is 149 Å². The van der Waals surface area contributed by atoms with E-state index in [9.17, 15) is 4.79 Å². The van der Waals surface area contributed by atoms with Crippen LogP contribution < -0.4 is 10.1 Å². The van der Waals surface area contributed by atoms with Crippen LogP contribution in [0.3, 0.4) is 0 Å². The first-order valence-electron chi connectivity index (χ1n) is 7.38. The van der Waals surface area contributed by atoms with Crippen LogP contribution in [0.1, 0.15) is 23.1 Å². The van der Waals surface area contributed by atoms with Gasteiger partial charge in [0.2, 0.25) is 0 Å². The molecule has 0 aliphatic heterocycles. The van der Waals surface area contributed by atoms with Crippen molar-refractivity contribution in [3.63, 3.8) is 0 Å². The fourth-order valence-corrected chi connectivity index (χ4v) is 3.01. The Morgan fingerprint density at radius 1 is 1.33 bits per heavy atom. The largest absolute Gasteiger partial charge is 0.492 e. The molecule has 0 radical (unpaired) electrons. The van der Waals surface area contributed by atoms with Crippen LogP contribution in [0.2, 0.25) is 10.0 Å². The third-order valence-corrected chi connectivity index (χ3v) is 3.95. The van der Waals surface area contributed by atoms with Crippen molar-refractivity contribution in [2.75, 3.05) is 11.9 Å². The molecular weight excluding hydrogens is 349 g/mol. The molecule has 0 saturated heterocycles. The number of carbonyl (C=O) groups is 1. The summed E-state index contributed by atoms with van der Waals surface area (Å²) in [6, 6.07) is 8.85. The number of pyridine rings is 1. The lowest BCUT2D eigenvalue weighted by molar-refractivity contribution is 0.102. The second-order valence-electron chi connectivity index (χ2n) is 5.13. The standard InChI is InChI=1S/C17H15Cl2N3O2/c1-3-24-14-7-5-4-6-13(14)21-17(23)15-10(2)20-16-12(19)8-11(18)9-22(15)16/h4-9H,3H2,1-2H3,(H,21,23). The Kier molecular flexibility index (Phi) is 4.64. The molecule has 124 valence electrons. The van der Waals surface area contributed by atoms with Gasteiger partial charge in [0.15, 0.2) is 5.65 Å². The van der Waals surface area contributed by atoms with E-state index in [1.807, 2.05) is 19.1 Å². The summed E-state index contributed by atoms with van der Waals surface area (Å²) in [5.74, 6) is 0.293. The molecule has 5 nitrogen and oxygen atoms in total. The third kappa shape index (κ3) is 3.05. The van der Waals surface area contributed by atoms with Crippen LogP contribution >= 0.6 is 23.2 Å². The fraction of sp³-hybridized carbons (Fsp3) is 0.176. The molecule has 0 bridgehead atoms. The molecule has 3 rings (SSSR count). The summed E-state index contributed by atoms with van der Waals surface area (Å²) >= 11 is 12.2. The minimum atomic E-state index is -0.314. The van der Waals surface area contributed by atoms with Gasteiger partial charge in [-0.1, -0.05) is 35.3 Å². The lowest BCUT2D eigenvalue weighted by atomic mass is 10.2. The van der Waals surface area contributed by atoms with Crippen molar-refractivity contribution >= 4 is 40.4 Å². The van der Waals surface area contributed by atoms with Crippen LogP contribution in [0.25, 0.3) is 5.65 Å². The summed E-state index contributed by atoms with van der Waals surface area (Å²) in [5, 5.41) is 3.67. The normalized spacial score (nSPS) is 10.8. The molecule has 0 fully saturated rings. The number of hydrogen-bond acceptors (Lipinski definition) is 3. The van der Waals surface area contributed by atoms with Gasteiger partial charge in [0.1, 0.15) is 11.4 Å². The summed E-state index contributed by atoms with van der Waals surface area (Å²) in [6.07, 6.45) is 1.62. The number of anilines is 1. The number of imidazole rings is 1. The minimum absolute atomic E-state index is 0.314. The van der Waals surface area contributed by atoms with Crippen molar-refractivity contribution in [3.05, 3.63) is 58.0 Å². The van der Waals surface area contributed by atoms with Crippen LogP contribution in [0.4, 0.5) is 5.69 Å². The maximum absolute atomic E-state index is 12.8. The van der Waals surface area contributed by atoms with E-state index in [2.05, 4.69) is 10.3 Å². The maximum atomic E-state index is 12.8. The highest BCUT2D eigenvalue weighted by atomic mass is 35.5. The summed E-state index contributed by atoms with van der Waals surface area (Å²) in [4.78, 5) is 17.1. The Hall–Kier alpha value is -2.24. The van der Waals surface area contributed by atoms with Gasteiger partial charge in [0.05, 0.1) is 28.0 Å². The predicted molar refractivity (Wildman–Crippen MR) is 95.5 cm³/mol. The number of benzene rings is 1. The second kappa shape index (κ2) is 6.71. The number of aromatic nitrogens is 2. The van der Waals surface area contributed by atoms with Gasteiger partial charge in [-0.25, -0.2) is 4.98 Å². The third-order valence-electron chi connectivity index (χ3n) is 3.47. The minimum Gasteiger partial charge on any atom is -0.492 e. The summed E-state index contributed by atoms with van der Waals surface area (Å²) in [7, 11) is 0. The first kappa shape index (κ1) is 16.6. The number of aryl methyl sites for hydroxylation is 1. The lowest BCUT2D eigenvalue weighted by Crippen LogP contribution is -2.16. The molecule has 0 aliphatic rings. The van der Waals surface area contributed by atoms with Crippen LogP contribution in [-0.4, -0.2) is 21.9 Å². The van der Waals surface area contributed by atoms with Gasteiger partial charge in [-0.05, 0) is 32.0 Å². The van der Waals surface area contributed by atoms with Crippen LogP contribution in [0.15, 0.2) is 36.5 Å². The van der Waals surface area contributed by atoms with Crippen molar-refractivity contribution in [3.8, 4) is 5.75 Å². The number of nitrogens with one attached hydrogen (secondary N) is 1. The molecule has 1 N–H and O–H groups in total. The monoisotopic (exact) mass is 363 g/mol. The van der Waals surface area contributed by atoms with Gasteiger partial charge in [-0.2, -0.15) is 0 Å². The van der Waals surface area contributed by atoms with E-state index in [0.29, 0.717) is 45.1 Å². The van der Waals surface area contributed by atoms with Crippen molar-refractivity contribution in [2.45, 2.75) is 13.8 Å². The van der Waals surface area contributed by atoms with Gasteiger partial charge < -0.3 is 10.1 Å². The van der Waals surface area contributed by atoms with E-state index in [0.717, 1.165) is 0 Å². The molecule has 1 aromatic carbocycles. The molecule has 24 heavy (non-hydrogen) atoms. The van der Waals surface area contributed by atoms with Crippen LogP contribution in [-0.2, 0) is 0 Å². The van der Waals surface area contributed by atoms with E-state index < -0.39 is 0 Å². The first-order chi connectivity index (χ1) is 11.5. The quantitative estimate of drug-likeness (QED) is 0.736. The number of hydrogen-bond donors (Lipinski definition) is 1. The highest BCUT2D eigenvalue weighted by molar-refractivity contribution is 6.36. The number of rotatable bonds is 4. The highest BCUT2D eigenvalue weighted by Crippen LogP contribution is 2.27. The van der Waals surface area contributed by atoms with Crippen LogP contribution in [0, 0.1) is 6.92 Å². The molecular formula is C17H15Cl2N3O2. The topological polar surface area (TPSA) is 55.6 Å². The Morgan fingerprint density at radius 2 is 2.08 bits per heavy atom. The summed E-state index contributed by atoms with van der Waals surface area (Å²) in [6.45, 7) is 4.14. The SMILES string of the molecule is CCOc1ccccc1NC(=O)c1c(C)nc2c(Cl)cc(Cl)cn12. The molecule has 1 amide bonds. The highest BCUT2D eigenvalue weighted by Gasteiger charge is 2.19. The number of amides is 1. The van der Waals surface area contributed by atoms with Gasteiger partial charge in [-0.15, -0.1) is 0 Å². The predicted octanol–water partition coefficient (Wildman–Crippen LogP) is 4.60. The van der Waals surface area contributed by atoms with E-state index in [1.54, 1.807) is 35.7 Å². The zero-order chi connectivity index (χ0) is 17.3. The molecule has 7 heteroatoms. The zero-order valence-electron chi connectivity index (χ0n) is 13.1. The molecule has 2 heterocycles. The van der Waals surface area contributed by atoms with E-state index in [1.165, 1.54) is 0 Å². The summed E-state index contributed by atoms with van der Waals surface area (Å²) in [5.41, 5.74) is 2.01. The van der Waals surface area contributed by atoms with Crippen LogP contribution in [0.5, 0.6) is 5.75 Å². The number of carbonyl (C=O) groups excluding carboxylic acids is 1. The molecule has 0 spiro atoms. The molecule has 2 aromatic heterocycles. The molecule has 3 aromatic rings. The molecule has 0 saturated carbocycles. The second-order valence-corrected chi connectivity index (χ2v) is 5.97. The number of fused-ring (bicyclic) bond motifs is 1. The molecule has 0 atom stereocenters. The van der Waals surface area contributed by atoms with E-state index in [-0.39, 0.29) is 5.91 Å². The molecule has 0 unspecified atom stereocenters. The Bertz CT molecular complexity index is 922.